The van der Waals surface area contributed by atoms with E-state index < -0.39 is 11.6 Å². The van der Waals surface area contributed by atoms with Crippen molar-refractivity contribution in [2.24, 2.45) is 88.0 Å². The average molecular weight is 1410 g/mol. The van der Waals surface area contributed by atoms with Gasteiger partial charge in [-0.1, -0.05) is 12.8 Å². The number of urea groups is 4. The van der Waals surface area contributed by atoms with Crippen molar-refractivity contribution in [2.45, 2.75) is 166 Å². The van der Waals surface area contributed by atoms with Crippen molar-refractivity contribution < 1.29 is 61.8 Å². The lowest BCUT2D eigenvalue weighted by Gasteiger charge is -2.55. The monoisotopic (exact) mass is 1410 g/mol. The number of rotatable bonds is 18. The van der Waals surface area contributed by atoms with Crippen LogP contribution >= 0.6 is 0 Å². The summed E-state index contributed by atoms with van der Waals surface area (Å²) in [5.41, 5.74) is 22.7. The van der Waals surface area contributed by atoms with Crippen LogP contribution in [-0.4, -0.2) is 276 Å². The Kier molecular flexibility index (Phi) is 28.8. The van der Waals surface area contributed by atoms with Crippen LogP contribution in [0.15, 0.2) is 0 Å². The predicted octanol–water partition coefficient (Wildman–Crippen LogP) is 6.15. The number of amides is 12. The molecule has 6 aliphatic heterocycles. The number of methoxy groups -OCH3 is 1. The fourth-order valence-electron chi connectivity index (χ4n) is 18.2. The number of quaternary nitrogens is 1. The summed E-state index contributed by atoms with van der Waals surface area (Å²) in [7, 11) is 1.38. The second kappa shape index (κ2) is 37.6. The number of nitrogens with one attached hydrogen (secondary N) is 4. The van der Waals surface area contributed by atoms with Crippen LogP contribution in [0.4, 0.5) is 38.4 Å². The summed E-state index contributed by atoms with van der Waals surface area (Å²) in [5.74, 6) is 4.59. The summed E-state index contributed by atoms with van der Waals surface area (Å²) < 4.78 is 23.4. The van der Waals surface area contributed by atoms with Crippen LogP contribution in [0.2, 0.25) is 0 Å². The van der Waals surface area contributed by atoms with Crippen LogP contribution in [0.5, 0.6) is 0 Å². The molecule has 6 saturated heterocycles. The van der Waals surface area contributed by atoms with Gasteiger partial charge in [-0.2, -0.15) is 0 Å². The van der Waals surface area contributed by atoms with Gasteiger partial charge in [0.2, 0.25) is 0 Å². The molecule has 100 heavy (non-hydrogen) atoms. The lowest BCUT2D eigenvalue weighted by atomic mass is 9.74. The Morgan fingerprint density at radius 3 is 1.14 bits per heavy atom. The molecular formula is C72H127N16O12+. The lowest BCUT2D eigenvalue weighted by Crippen LogP contribution is -2.77. The highest BCUT2D eigenvalue weighted by Crippen LogP contribution is 2.52. The number of carbonyl (C=O) groups is 8. The molecule has 0 spiro atoms. The zero-order chi connectivity index (χ0) is 70.6. The van der Waals surface area contributed by atoms with E-state index >= 15 is 4.79 Å². The van der Waals surface area contributed by atoms with Crippen molar-refractivity contribution in [3.63, 3.8) is 0 Å². The van der Waals surface area contributed by atoms with Crippen LogP contribution in [0.25, 0.3) is 0 Å². The summed E-state index contributed by atoms with van der Waals surface area (Å²) in [6.45, 7) is 14.2. The topological polar surface area (TPSA) is 348 Å². The molecular weight excluding hydrogens is 1280 g/mol. The molecule has 566 valence electrons. The van der Waals surface area contributed by atoms with Crippen molar-refractivity contribution >= 4 is 48.5 Å². The molecule has 12 amide bonds. The maximum atomic E-state index is 15.3. The minimum atomic E-state index is -0.793. The highest BCUT2D eigenvalue weighted by Gasteiger charge is 2.61. The van der Waals surface area contributed by atoms with Gasteiger partial charge in [0, 0.05) is 129 Å². The zero-order valence-corrected chi connectivity index (χ0v) is 60.6. The molecule has 12 N–H and O–H groups in total. The van der Waals surface area contributed by atoms with Gasteiger partial charge in [0.1, 0.15) is 31.3 Å². The molecule has 0 radical (unpaired) electrons. The van der Waals surface area contributed by atoms with Crippen molar-refractivity contribution in [2.75, 3.05) is 177 Å². The third-order valence-electron chi connectivity index (χ3n) is 25.8. The number of hydrogen-bond acceptors (Lipinski definition) is 16. The predicted molar refractivity (Wildman–Crippen MR) is 378 cm³/mol. The summed E-state index contributed by atoms with van der Waals surface area (Å²) in [5, 5.41) is 12.7. The largest absolute Gasteiger partial charge is 0.453 e. The Labute approximate surface area is 594 Å². The number of hydrogen-bond donors (Lipinski definition) is 8. The Balaban J connectivity index is 0.000000417. The maximum Gasteiger partial charge on any atom is 0.417 e. The normalized spacial score (nSPS) is 29.4. The lowest BCUT2D eigenvalue weighted by molar-refractivity contribution is -0.910. The second-order valence-electron chi connectivity index (χ2n) is 31.8. The highest BCUT2D eigenvalue weighted by atomic mass is 16.6. The van der Waals surface area contributed by atoms with E-state index in [1.54, 1.807) is 24.5 Å². The number of nitrogens with two attached hydrogens (primary N) is 4. The minimum Gasteiger partial charge on any atom is -0.453 e. The van der Waals surface area contributed by atoms with Crippen LogP contribution in [-0.2, 0) is 18.9 Å². The van der Waals surface area contributed by atoms with Crippen molar-refractivity contribution in [1.29, 1.82) is 0 Å². The summed E-state index contributed by atoms with van der Waals surface area (Å²) >= 11 is 0. The molecule has 6 heterocycles. The second-order valence-corrected chi connectivity index (χ2v) is 31.8. The Morgan fingerprint density at radius 1 is 0.370 bits per heavy atom. The van der Waals surface area contributed by atoms with Crippen LogP contribution in [0.1, 0.15) is 154 Å². The minimum absolute atomic E-state index is 0.0104. The molecule has 0 bridgehead atoms. The molecule has 11 rings (SSSR count). The molecule has 28 heteroatoms. The number of fused-ring (bicyclic) bond motifs is 1. The van der Waals surface area contributed by atoms with Crippen molar-refractivity contribution in [3.8, 4) is 0 Å². The third-order valence-corrected chi connectivity index (χ3v) is 25.8. The van der Waals surface area contributed by atoms with E-state index in [1.165, 1.54) is 32.8 Å². The van der Waals surface area contributed by atoms with E-state index in [0.29, 0.717) is 191 Å². The number of carbonyl (C=O) groups excluding carboxylic acids is 8. The fourth-order valence-corrected chi connectivity index (χ4v) is 18.2. The Morgan fingerprint density at radius 2 is 0.710 bits per heavy atom. The van der Waals surface area contributed by atoms with E-state index in [-0.39, 0.29) is 84.0 Å². The number of ether oxygens (including phenoxy) is 4. The first-order chi connectivity index (χ1) is 48.5. The van der Waals surface area contributed by atoms with Gasteiger partial charge in [-0.15, -0.1) is 0 Å². The molecule has 5 aliphatic carbocycles. The number of piperazine rings is 2. The SMILES string of the molecule is COC(=O)N1CCN(C(=O)NCC2CCC(CN)CC2)CC1.NCC1CCC(CNC(=O)[N+]2(C3(COC(=O)N4CCC(CNC(=O)N5CCC(CN)CC5)CC4)CCC(COC(=O)N4CCC(CNC(=O)N5CCC(CN)CC5)CC4)CC3)CCN(C(=O)OC3C4CCCCC43)CC2)CC1. The maximum absolute atomic E-state index is 15.3. The Hall–Kier alpha value is -5.84. The van der Waals surface area contributed by atoms with Gasteiger partial charge < -0.3 is 92.5 Å². The molecule has 2 atom stereocenters. The Bertz CT molecular complexity index is 2600. The van der Waals surface area contributed by atoms with Crippen molar-refractivity contribution in [1.82, 2.24) is 55.6 Å². The first-order valence-electron chi connectivity index (χ1n) is 39.2. The molecule has 5 saturated carbocycles. The highest BCUT2D eigenvalue weighted by molar-refractivity contribution is 5.76. The molecule has 28 nitrogen and oxygen atoms in total. The average Bonchev–Trinajstić information content (AvgIpc) is 1.11. The molecule has 11 fully saturated rings. The van der Waals surface area contributed by atoms with Gasteiger partial charge in [0.25, 0.3) is 0 Å². The van der Waals surface area contributed by atoms with Gasteiger partial charge in [-0.05, 0) is 208 Å². The molecule has 2 unspecified atom stereocenters. The van der Waals surface area contributed by atoms with Gasteiger partial charge in [0.05, 0.1) is 26.8 Å². The molecule has 0 aromatic heterocycles. The number of nitrogens with zero attached hydrogens (tertiary/aromatic N) is 8. The van der Waals surface area contributed by atoms with Gasteiger partial charge in [-0.3, -0.25) is 4.90 Å². The zero-order valence-electron chi connectivity index (χ0n) is 60.6. The van der Waals surface area contributed by atoms with E-state index in [1.807, 2.05) is 9.80 Å². The molecule has 11 aliphatic rings. The number of piperidine rings is 4. The summed E-state index contributed by atoms with van der Waals surface area (Å²) in [6.07, 6.45) is 21.3. The van der Waals surface area contributed by atoms with Crippen LogP contribution in [0, 0.1) is 65.1 Å². The van der Waals surface area contributed by atoms with Crippen molar-refractivity contribution in [3.05, 3.63) is 0 Å². The third kappa shape index (κ3) is 20.5. The van der Waals surface area contributed by atoms with Gasteiger partial charge >= 0.3 is 48.5 Å². The van der Waals surface area contributed by atoms with Gasteiger partial charge in [-0.25, -0.2) is 42.8 Å². The van der Waals surface area contributed by atoms with Gasteiger partial charge in [0.15, 0.2) is 0 Å². The van der Waals surface area contributed by atoms with E-state index in [4.69, 9.17) is 37.1 Å². The van der Waals surface area contributed by atoms with E-state index in [2.05, 4.69) is 26.0 Å². The summed E-state index contributed by atoms with van der Waals surface area (Å²) in [6, 6.07) is -0.159. The van der Waals surface area contributed by atoms with Crippen LogP contribution < -0.4 is 44.2 Å². The number of likely N-dealkylation sites (tertiary alicyclic amines) is 4. The van der Waals surface area contributed by atoms with E-state index in [0.717, 1.165) is 142 Å². The quantitative estimate of drug-likeness (QED) is 0.0563. The standard InChI is InChI=1S/C57H98N12O9.C15H28N4O3/c58-33-41-5-7-44(8-6-41)38-63-53(72)69(31-29-68(30-32-69)56(75)78-50-48-3-1-2-4-49(48)50)57(40-77-55(74)67-27-17-46(18-28-67)37-62-52(71)65-23-13-43(35-60)14-24-65)19-9-47(10-20-57)39-76-54(73)66-25-15-45(16-26-66)36-61-51(70)64-21-11-42(34-59)12-22-64;1-22-15(21)19-8-6-18(7-9-19)14(20)17-11-13-4-2-12(10-16)3-5-13/h41-50H,1-40,58-60H2,(H2-,61,62,63,70,71,72);12-13H,2-11,16H2,1H3,(H,17,20)/p+1. The first kappa shape index (κ1) is 76.8. The molecule has 0 aromatic rings. The van der Waals surface area contributed by atoms with Crippen LogP contribution in [0.3, 0.4) is 0 Å². The first-order valence-corrected chi connectivity index (χ1v) is 39.2. The summed E-state index contributed by atoms with van der Waals surface area (Å²) in [4.78, 5) is 119. The smallest absolute Gasteiger partial charge is 0.417 e. The fraction of sp³-hybridized carbons (Fsp3) is 0.889. The van der Waals surface area contributed by atoms with E-state index in [9.17, 15) is 33.6 Å². The molecule has 0 aromatic carbocycles.